The smallest absolute Gasteiger partial charge is 0.222 e. The van der Waals surface area contributed by atoms with Crippen molar-refractivity contribution in [3.05, 3.63) is 113 Å². The maximum Gasteiger partial charge on any atom is 0.222 e. The van der Waals surface area contributed by atoms with Crippen LogP contribution in [0.15, 0.2) is 102 Å². The highest BCUT2D eigenvalue weighted by Gasteiger charge is 2.40. The van der Waals surface area contributed by atoms with Gasteiger partial charge in [0, 0.05) is 30.6 Å². The van der Waals surface area contributed by atoms with E-state index in [2.05, 4.69) is 47.6 Å². The Hall–Kier alpha value is -3.93. The lowest BCUT2D eigenvalue weighted by atomic mass is 9.70. The highest BCUT2D eigenvalue weighted by molar-refractivity contribution is 5.76. The molecule has 4 rings (SSSR count). The van der Waals surface area contributed by atoms with E-state index in [9.17, 15) is 9.18 Å². The number of hydrogen-bond acceptors (Lipinski definition) is 3. The number of H-pyrrole nitrogens is 1. The Morgan fingerprint density at radius 1 is 1.05 bits per heavy atom. The van der Waals surface area contributed by atoms with Gasteiger partial charge in [0.25, 0.3) is 0 Å². The summed E-state index contributed by atoms with van der Waals surface area (Å²) in [7, 11) is 0. The van der Waals surface area contributed by atoms with E-state index in [0.29, 0.717) is 32.5 Å². The number of nitrogens with one attached hydrogen (secondary N) is 2. The number of allylic oxidation sites excluding steroid dienone is 8. The summed E-state index contributed by atoms with van der Waals surface area (Å²) >= 11 is 0. The molecular weight excluding hydrogens is 487 g/mol. The molecule has 0 saturated carbocycles. The molecule has 0 unspecified atom stereocenters. The summed E-state index contributed by atoms with van der Waals surface area (Å²) < 4.78 is 13.6. The fourth-order valence-corrected chi connectivity index (χ4v) is 5.41. The van der Waals surface area contributed by atoms with Gasteiger partial charge in [0.1, 0.15) is 11.7 Å². The summed E-state index contributed by atoms with van der Waals surface area (Å²) in [5.74, 6) is 0.764. The molecule has 0 aliphatic carbocycles. The predicted molar refractivity (Wildman–Crippen MR) is 158 cm³/mol. The van der Waals surface area contributed by atoms with Crippen LogP contribution in [0.1, 0.15) is 57.8 Å². The standard InChI is InChI=1S/C33H39FN4O/c1-4-11-27(34)18-16-25(3)17-19-32(39)38-22-20-33(21-23-38,26-12-7-6-8-13-26)30(5-2)35-24-31-36-28-14-9-10-15-29(28)37-31/h4-16,18,35H,17,19-24H2,1-3H3,(H,36,37)/b11-4-,25-16+,27-18+,30-5-. The number of halogens is 1. The third kappa shape index (κ3) is 6.94. The molecule has 3 aromatic rings. The Balaban J connectivity index is 1.43. The normalized spacial score (nSPS) is 16.7. The van der Waals surface area contributed by atoms with Crippen molar-refractivity contribution < 1.29 is 9.18 Å². The number of aromatic amines is 1. The second kappa shape index (κ2) is 13.2. The van der Waals surface area contributed by atoms with Crippen LogP contribution in [-0.4, -0.2) is 33.9 Å². The molecule has 204 valence electrons. The van der Waals surface area contributed by atoms with Gasteiger partial charge in [0.05, 0.1) is 17.6 Å². The number of likely N-dealkylation sites (tertiary alicyclic amines) is 1. The van der Waals surface area contributed by atoms with Gasteiger partial charge in [-0.25, -0.2) is 9.37 Å². The first-order valence-electron chi connectivity index (χ1n) is 13.8. The first kappa shape index (κ1) is 28.1. The number of carbonyl (C=O) groups excluding carboxylic acids is 1. The van der Waals surface area contributed by atoms with Gasteiger partial charge in [-0.15, -0.1) is 0 Å². The molecular formula is C33H39FN4O. The predicted octanol–water partition coefficient (Wildman–Crippen LogP) is 7.27. The van der Waals surface area contributed by atoms with Gasteiger partial charge in [0.2, 0.25) is 5.91 Å². The zero-order valence-electron chi connectivity index (χ0n) is 23.2. The van der Waals surface area contributed by atoms with Gasteiger partial charge in [0.15, 0.2) is 0 Å². The maximum absolute atomic E-state index is 13.6. The van der Waals surface area contributed by atoms with Crippen LogP contribution < -0.4 is 5.32 Å². The van der Waals surface area contributed by atoms with E-state index in [-0.39, 0.29) is 17.1 Å². The van der Waals surface area contributed by atoms with Crippen LogP contribution in [0.5, 0.6) is 0 Å². The summed E-state index contributed by atoms with van der Waals surface area (Å²) in [6.45, 7) is 7.78. The topological polar surface area (TPSA) is 61.0 Å². The molecule has 1 aromatic heterocycles. The second-order valence-corrected chi connectivity index (χ2v) is 10.2. The minimum atomic E-state index is -0.287. The van der Waals surface area contributed by atoms with Gasteiger partial charge in [-0.05, 0) is 69.9 Å². The van der Waals surface area contributed by atoms with E-state index < -0.39 is 0 Å². The lowest BCUT2D eigenvalue weighted by molar-refractivity contribution is -0.132. The third-order valence-corrected chi connectivity index (χ3v) is 7.57. The minimum absolute atomic E-state index is 0.152. The molecule has 0 bridgehead atoms. The van der Waals surface area contributed by atoms with Gasteiger partial charge < -0.3 is 15.2 Å². The average molecular weight is 527 g/mol. The van der Waals surface area contributed by atoms with Crippen molar-refractivity contribution in [2.75, 3.05) is 13.1 Å². The Kier molecular flexibility index (Phi) is 9.53. The summed E-state index contributed by atoms with van der Waals surface area (Å²) in [6, 6.07) is 18.7. The Morgan fingerprint density at radius 2 is 1.77 bits per heavy atom. The van der Waals surface area contributed by atoms with Crippen LogP contribution in [0.3, 0.4) is 0 Å². The molecule has 1 aliphatic heterocycles. The van der Waals surface area contributed by atoms with E-state index in [1.54, 1.807) is 19.1 Å². The van der Waals surface area contributed by atoms with Crippen molar-refractivity contribution in [2.24, 2.45) is 0 Å². The fraction of sp³-hybridized carbons (Fsp3) is 0.333. The van der Waals surface area contributed by atoms with Crippen LogP contribution in [-0.2, 0) is 16.8 Å². The van der Waals surface area contributed by atoms with E-state index in [1.807, 2.05) is 42.2 Å². The van der Waals surface area contributed by atoms with E-state index in [0.717, 1.165) is 41.0 Å². The van der Waals surface area contributed by atoms with Crippen LogP contribution >= 0.6 is 0 Å². The molecule has 2 N–H and O–H groups in total. The quantitative estimate of drug-likeness (QED) is 0.273. The van der Waals surface area contributed by atoms with Crippen molar-refractivity contribution in [1.29, 1.82) is 0 Å². The van der Waals surface area contributed by atoms with Crippen molar-refractivity contribution in [3.8, 4) is 0 Å². The number of aromatic nitrogens is 2. The van der Waals surface area contributed by atoms with Gasteiger partial charge >= 0.3 is 0 Å². The van der Waals surface area contributed by atoms with Crippen molar-refractivity contribution in [2.45, 2.75) is 58.4 Å². The zero-order chi connectivity index (χ0) is 27.7. The molecule has 1 fully saturated rings. The number of imidazole rings is 1. The average Bonchev–Trinajstić information content (AvgIpc) is 3.39. The van der Waals surface area contributed by atoms with Crippen LogP contribution in [0.25, 0.3) is 11.0 Å². The zero-order valence-corrected chi connectivity index (χ0v) is 23.2. The monoisotopic (exact) mass is 526 g/mol. The van der Waals surface area contributed by atoms with E-state index >= 15 is 0 Å². The summed E-state index contributed by atoms with van der Waals surface area (Å²) in [5, 5.41) is 3.69. The minimum Gasteiger partial charge on any atom is -0.381 e. The maximum atomic E-state index is 13.6. The van der Waals surface area contributed by atoms with Gasteiger partial charge in [-0.3, -0.25) is 4.79 Å². The van der Waals surface area contributed by atoms with Crippen LogP contribution in [0.4, 0.5) is 4.39 Å². The number of para-hydroxylation sites is 2. The Labute approximate surface area is 231 Å². The Morgan fingerprint density at radius 3 is 2.46 bits per heavy atom. The molecule has 5 nitrogen and oxygen atoms in total. The van der Waals surface area contributed by atoms with Crippen molar-refractivity contribution >= 4 is 16.9 Å². The molecule has 2 aromatic carbocycles. The molecule has 1 saturated heterocycles. The first-order valence-corrected chi connectivity index (χ1v) is 13.8. The molecule has 0 spiro atoms. The number of fused-ring (bicyclic) bond motifs is 1. The largest absolute Gasteiger partial charge is 0.381 e. The summed E-state index contributed by atoms with van der Waals surface area (Å²) in [5.41, 5.74) is 5.20. The Bertz CT molecular complexity index is 1340. The highest BCUT2D eigenvalue weighted by atomic mass is 19.1. The van der Waals surface area contributed by atoms with Crippen molar-refractivity contribution in [3.63, 3.8) is 0 Å². The first-order chi connectivity index (χ1) is 18.9. The van der Waals surface area contributed by atoms with Crippen LogP contribution in [0.2, 0.25) is 0 Å². The number of rotatable bonds is 10. The van der Waals surface area contributed by atoms with Gasteiger partial charge in [-0.2, -0.15) is 0 Å². The van der Waals surface area contributed by atoms with Gasteiger partial charge in [-0.1, -0.05) is 66.3 Å². The molecule has 1 aliphatic rings. The third-order valence-electron chi connectivity index (χ3n) is 7.57. The number of piperidine rings is 1. The highest BCUT2D eigenvalue weighted by Crippen LogP contribution is 2.41. The summed E-state index contributed by atoms with van der Waals surface area (Å²) in [4.78, 5) is 23.2. The van der Waals surface area contributed by atoms with Crippen molar-refractivity contribution in [1.82, 2.24) is 20.2 Å². The number of amides is 1. The van der Waals surface area contributed by atoms with E-state index in [1.165, 1.54) is 17.7 Å². The SMILES string of the molecule is C\C=C/C(F)=C\C=C(/C)CCC(=O)N1CCC(/C(=C/C)NCc2nc3ccccc3[nH]2)(c2ccccc2)CC1. The molecule has 2 heterocycles. The molecule has 6 heteroatoms. The number of hydrogen-bond donors (Lipinski definition) is 2. The molecule has 39 heavy (non-hydrogen) atoms. The number of benzene rings is 2. The fourth-order valence-electron chi connectivity index (χ4n) is 5.41. The summed E-state index contributed by atoms with van der Waals surface area (Å²) in [6.07, 6.45) is 11.2. The number of carbonyl (C=O) groups is 1. The molecule has 0 radical (unpaired) electrons. The molecule has 0 atom stereocenters. The second-order valence-electron chi connectivity index (χ2n) is 10.2. The molecule has 1 amide bonds. The van der Waals surface area contributed by atoms with Crippen LogP contribution in [0, 0.1) is 0 Å². The lowest BCUT2D eigenvalue weighted by Crippen LogP contribution is -2.48. The van der Waals surface area contributed by atoms with E-state index in [4.69, 9.17) is 4.98 Å². The number of nitrogens with zero attached hydrogens (tertiary/aromatic N) is 2. The lowest BCUT2D eigenvalue weighted by Gasteiger charge is -2.44.